The Morgan fingerprint density at radius 3 is 2.35 bits per heavy atom. The molecule has 0 unspecified atom stereocenters. The Labute approximate surface area is 106 Å². The lowest BCUT2D eigenvalue weighted by Crippen LogP contribution is -2.27. The lowest BCUT2D eigenvalue weighted by molar-refractivity contribution is 0.298. The van der Waals surface area contributed by atoms with Crippen molar-refractivity contribution in [3.8, 4) is 0 Å². The van der Waals surface area contributed by atoms with Gasteiger partial charge < -0.3 is 10.2 Å². The van der Waals surface area contributed by atoms with Gasteiger partial charge in [-0.2, -0.15) is 0 Å². The van der Waals surface area contributed by atoms with Gasteiger partial charge in [-0.1, -0.05) is 44.2 Å². The van der Waals surface area contributed by atoms with E-state index in [0.29, 0.717) is 0 Å². The van der Waals surface area contributed by atoms with E-state index in [9.17, 15) is 0 Å². The summed E-state index contributed by atoms with van der Waals surface area (Å²) in [4.78, 5) is 2.47. The summed E-state index contributed by atoms with van der Waals surface area (Å²) >= 11 is 0. The monoisotopic (exact) mass is 234 g/mol. The van der Waals surface area contributed by atoms with Crippen LogP contribution in [0.25, 0.3) is 0 Å². The van der Waals surface area contributed by atoms with Crippen molar-refractivity contribution in [3.05, 3.63) is 35.9 Å². The minimum absolute atomic E-state index is 1.09. The van der Waals surface area contributed by atoms with Gasteiger partial charge in [0.05, 0.1) is 0 Å². The van der Waals surface area contributed by atoms with E-state index in [1.165, 1.54) is 31.6 Å². The topological polar surface area (TPSA) is 15.3 Å². The van der Waals surface area contributed by atoms with Crippen molar-refractivity contribution in [3.63, 3.8) is 0 Å². The fourth-order valence-corrected chi connectivity index (χ4v) is 1.97. The molecule has 0 bridgehead atoms. The molecule has 0 atom stereocenters. The summed E-state index contributed by atoms with van der Waals surface area (Å²) in [7, 11) is 0. The molecule has 1 aromatic carbocycles. The third kappa shape index (κ3) is 6.44. The van der Waals surface area contributed by atoms with Gasteiger partial charge in [0.1, 0.15) is 0 Å². The Hall–Kier alpha value is -0.860. The quantitative estimate of drug-likeness (QED) is 0.661. The fourth-order valence-electron chi connectivity index (χ4n) is 1.97. The first-order valence-corrected chi connectivity index (χ1v) is 6.83. The first-order chi connectivity index (χ1) is 8.36. The Balaban J connectivity index is 1.98. The Morgan fingerprint density at radius 1 is 1.00 bits per heavy atom. The minimum Gasteiger partial charge on any atom is -0.316 e. The van der Waals surface area contributed by atoms with Crippen LogP contribution in [0.3, 0.4) is 0 Å². The Bertz CT molecular complexity index is 268. The van der Waals surface area contributed by atoms with Gasteiger partial charge >= 0.3 is 0 Å². The van der Waals surface area contributed by atoms with Crippen molar-refractivity contribution in [1.29, 1.82) is 0 Å². The molecule has 0 aliphatic heterocycles. The van der Waals surface area contributed by atoms with Gasteiger partial charge in [0.2, 0.25) is 0 Å². The lowest BCUT2D eigenvalue weighted by atomic mass is 10.1. The van der Waals surface area contributed by atoms with E-state index in [4.69, 9.17) is 0 Å². The van der Waals surface area contributed by atoms with Crippen LogP contribution in [-0.2, 0) is 6.42 Å². The van der Waals surface area contributed by atoms with Crippen molar-refractivity contribution < 1.29 is 0 Å². The van der Waals surface area contributed by atoms with Crippen LogP contribution in [0.4, 0.5) is 0 Å². The van der Waals surface area contributed by atoms with E-state index in [1.54, 1.807) is 0 Å². The zero-order valence-corrected chi connectivity index (χ0v) is 11.3. The molecule has 0 saturated carbocycles. The molecule has 0 amide bonds. The maximum Gasteiger partial charge on any atom is -0.000687 e. The second-order valence-corrected chi connectivity index (χ2v) is 4.37. The number of hydrogen-bond donors (Lipinski definition) is 1. The summed E-state index contributed by atoms with van der Waals surface area (Å²) in [6.45, 7) is 10.2. The molecule has 0 spiro atoms. The van der Waals surface area contributed by atoms with Crippen LogP contribution in [0, 0.1) is 0 Å². The molecule has 0 aromatic heterocycles. The molecule has 0 heterocycles. The first kappa shape index (κ1) is 14.2. The second kappa shape index (κ2) is 9.20. The smallest absolute Gasteiger partial charge is 0.000687 e. The van der Waals surface area contributed by atoms with Crippen LogP contribution < -0.4 is 5.32 Å². The highest BCUT2D eigenvalue weighted by Crippen LogP contribution is 1.98. The van der Waals surface area contributed by atoms with Gasteiger partial charge in [0.25, 0.3) is 0 Å². The number of benzene rings is 1. The molecule has 0 aliphatic rings. The van der Waals surface area contributed by atoms with Gasteiger partial charge in [0, 0.05) is 0 Å². The third-order valence-corrected chi connectivity index (χ3v) is 3.16. The average molecular weight is 234 g/mol. The average Bonchev–Trinajstić information content (AvgIpc) is 2.39. The van der Waals surface area contributed by atoms with E-state index in [2.05, 4.69) is 54.4 Å². The maximum atomic E-state index is 3.51. The zero-order chi connectivity index (χ0) is 12.3. The van der Waals surface area contributed by atoms with Gasteiger partial charge in [0.15, 0.2) is 0 Å². The lowest BCUT2D eigenvalue weighted by Gasteiger charge is -2.17. The van der Waals surface area contributed by atoms with Gasteiger partial charge in [-0.15, -0.1) is 0 Å². The molecule has 1 rings (SSSR count). The molecule has 1 aromatic rings. The van der Waals surface area contributed by atoms with E-state index >= 15 is 0 Å². The molecule has 2 heteroatoms. The fraction of sp³-hybridized carbons (Fsp3) is 0.600. The summed E-state index contributed by atoms with van der Waals surface area (Å²) < 4.78 is 0. The first-order valence-electron chi connectivity index (χ1n) is 6.83. The molecule has 96 valence electrons. The summed E-state index contributed by atoms with van der Waals surface area (Å²) in [5.41, 5.74) is 1.42. The maximum absolute atomic E-state index is 3.51. The van der Waals surface area contributed by atoms with Gasteiger partial charge in [-0.25, -0.2) is 0 Å². The number of hydrogen-bond acceptors (Lipinski definition) is 2. The molecule has 0 aliphatic carbocycles. The Kier molecular flexibility index (Phi) is 7.69. The summed E-state index contributed by atoms with van der Waals surface area (Å²) in [6, 6.07) is 10.7. The Morgan fingerprint density at radius 2 is 1.71 bits per heavy atom. The van der Waals surface area contributed by atoms with Crippen LogP contribution in [0.15, 0.2) is 30.3 Å². The number of nitrogens with zero attached hydrogens (tertiary/aromatic N) is 1. The predicted molar refractivity (Wildman–Crippen MR) is 75.4 cm³/mol. The molecule has 2 nitrogen and oxygen atoms in total. The summed E-state index contributed by atoms with van der Waals surface area (Å²) in [6.07, 6.45) is 2.38. The van der Waals surface area contributed by atoms with Crippen LogP contribution >= 0.6 is 0 Å². The van der Waals surface area contributed by atoms with Crippen molar-refractivity contribution >= 4 is 0 Å². The van der Waals surface area contributed by atoms with Crippen LogP contribution in [0.2, 0.25) is 0 Å². The predicted octanol–water partition coefficient (Wildman–Crippen LogP) is 2.55. The SMILES string of the molecule is CCN(CC)CCCNCCc1ccccc1. The van der Waals surface area contributed by atoms with Gasteiger partial charge in [-0.05, 0) is 51.1 Å². The highest BCUT2D eigenvalue weighted by Gasteiger charge is 1.97. The molecule has 1 N–H and O–H groups in total. The van der Waals surface area contributed by atoms with Crippen LogP contribution in [0.5, 0.6) is 0 Å². The van der Waals surface area contributed by atoms with Gasteiger partial charge in [-0.3, -0.25) is 0 Å². The second-order valence-electron chi connectivity index (χ2n) is 4.37. The molecule has 0 radical (unpaired) electrons. The van der Waals surface area contributed by atoms with E-state index in [0.717, 1.165) is 19.5 Å². The molecule has 0 fully saturated rings. The van der Waals surface area contributed by atoms with Crippen molar-refractivity contribution in [1.82, 2.24) is 10.2 Å². The van der Waals surface area contributed by atoms with E-state index in [-0.39, 0.29) is 0 Å². The third-order valence-electron chi connectivity index (χ3n) is 3.16. The normalized spacial score (nSPS) is 11.0. The standard InChI is InChI=1S/C15H26N2/c1-3-17(4-2)14-8-12-16-13-11-15-9-6-5-7-10-15/h5-7,9-10,16H,3-4,8,11-14H2,1-2H3. The molecular formula is C15H26N2. The van der Waals surface area contributed by atoms with Crippen molar-refractivity contribution in [2.45, 2.75) is 26.7 Å². The molecule has 0 saturated heterocycles. The highest BCUT2D eigenvalue weighted by atomic mass is 15.1. The number of rotatable bonds is 9. The van der Waals surface area contributed by atoms with Crippen molar-refractivity contribution in [2.24, 2.45) is 0 Å². The summed E-state index contributed by atoms with van der Waals surface area (Å²) in [5.74, 6) is 0. The number of nitrogens with one attached hydrogen (secondary N) is 1. The van der Waals surface area contributed by atoms with E-state index < -0.39 is 0 Å². The molecule has 17 heavy (non-hydrogen) atoms. The highest BCUT2D eigenvalue weighted by molar-refractivity contribution is 5.14. The van der Waals surface area contributed by atoms with Crippen LogP contribution in [-0.4, -0.2) is 37.6 Å². The van der Waals surface area contributed by atoms with Crippen LogP contribution in [0.1, 0.15) is 25.8 Å². The minimum atomic E-state index is 1.09. The summed E-state index contributed by atoms with van der Waals surface area (Å²) in [5, 5.41) is 3.51. The molecular weight excluding hydrogens is 208 g/mol. The largest absolute Gasteiger partial charge is 0.316 e. The van der Waals surface area contributed by atoms with E-state index in [1.807, 2.05) is 0 Å². The van der Waals surface area contributed by atoms with Crippen molar-refractivity contribution in [2.75, 3.05) is 32.7 Å². The zero-order valence-electron chi connectivity index (χ0n) is 11.3.